The van der Waals surface area contributed by atoms with Crippen molar-refractivity contribution >= 4 is 49.8 Å². The molecule has 9 heteroatoms. The molecule has 0 amide bonds. The molecule has 0 bridgehead atoms. The van der Waals surface area contributed by atoms with Crippen LogP contribution in [-0.2, 0) is 9.31 Å². The van der Waals surface area contributed by atoms with E-state index in [1.807, 2.05) is 0 Å². The predicted molar refractivity (Wildman–Crippen MR) is 140 cm³/mol. The van der Waals surface area contributed by atoms with Gasteiger partial charge in [-0.15, -0.1) is 0 Å². The number of rotatable bonds is 2. The fraction of sp³-hybridized carbons (Fsp3) is 1.00. The van der Waals surface area contributed by atoms with Crippen molar-refractivity contribution in [1.29, 1.82) is 0 Å². The fourth-order valence-electron chi connectivity index (χ4n) is 6.40. The van der Waals surface area contributed by atoms with E-state index in [2.05, 4.69) is 99.7 Å². The van der Waals surface area contributed by atoms with Crippen molar-refractivity contribution in [3.63, 3.8) is 0 Å². The summed E-state index contributed by atoms with van der Waals surface area (Å²) in [6.07, 6.45) is 0. The van der Waals surface area contributed by atoms with Crippen molar-refractivity contribution in [3.8, 4) is 0 Å². The van der Waals surface area contributed by atoms with Gasteiger partial charge in [-0.25, -0.2) is 0 Å². The predicted octanol–water partition coefficient (Wildman–Crippen LogP) is 5.72. The van der Waals surface area contributed by atoms with Gasteiger partial charge in [-0.05, 0) is 33.6 Å². The summed E-state index contributed by atoms with van der Waals surface area (Å²) in [5.41, 5.74) is -0.384. The summed E-state index contributed by atoms with van der Waals surface area (Å²) >= 11 is 0. The molecule has 0 aromatic rings. The van der Waals surface area contributed by atoms with E-state index in [0.717, 1.165) is 0 Å². The van der Waals surface area contributed by atoms with Gasteiger partial charge in [0.05, 0.1) is 11.2 Å². The molecule has 2 nitrogen and oxygen atoms in total. The van der Waals surface area contributed by atoms with E-state index in [-0.39, 0.29) is 18.3 Å². The standard InChI is InChI=1S/C18H47BO2Si6/c1-17(2)18(3,4)21-19(20-17)16-27(15)25(11,12)23(7,8)22(5,6)24(9,10)26(27,13)14/h16H2,1-15H3. The largest absolute Gasteiger partial charge is 0.454 e. The Balaban J connectivity index is 2.59. The maximum atomic E-state index is 6.61. The van der Waals surface area contributed by atoms with E-state index in [0.29, 0.717) is 0 Å². The second kappa shape index (κ2) is 6.17. The Morgan fingerprint density at radius 1 is 0.519 bits per heavy atom. The van der Waals surface area contributed by atoms with Gasteiger partial charge in [0.15, 0.2) is 0 Å². The van der Waals surface area contributed by atoms with Crippen LogP contribution in [-0.4, -0.2) is 61.0 Å². The van der Waals surface area contributed by atoms with Crippen LogP contribution in [0.5, 0.6) is 0 Å². The lowest BCUT2D eigenvalue weighted by Crippen LogP contribution is -3.01. The molecule has 0 N–H and O–H groups in total. The molecule has 0 aromatic heterocycles. The third kappa shape index (κ3) is 2.78. The first-order valence-corrected chi connectivity index (χ1v) is 34.6. The Morgan fingerprint density at radius 2 is 0.778 bits per heavy atom. The van der Waals surface area contributed by atoms with Crippen molar-refractivity contribution in [1.82, 2.24) is 0 Å². The van der Waals surface area contributed by atoms with E-state index in [1.54, 1.807) is 0 Å². The van der Waals surface area contributed by atoms with Gasteiger partial charge < -0.3 is 9.31 Å². The highest BCUT2D eigenvalue weighted by Crippen LogP contribution is 2.54. The summed E-state index contributed by atoms with van der Waals surface area (Å²) in [7, 11) is -7.67. The molecule has 0 unspecified atom stereocenters. The van der Waals surface area contributed by atoms with Crippen molar-refractivity contribution in [2.24, 2.45) is 0 Å². The topological polar surface area (TPSA) is 18.5 Å². The molecule has 0 atom stereocenters. The molecule has 158 valence electrons. The number of hydrogen-bond acceptors (Lipinski definition) is 2. The van der Waals surface area contributed by atoms with Gasteiger partial charge in [0.2, 0.25) is 0 Å². The second-order valence-corrected chi connectivity index (χ2v) is 85.8. The first-order valence-electron chi connectivity index (χ1n) is 10.9. The van der Waals surface area contributed by atoms with Crippen LogP contribution in [0, 0.1) is 0 Å². The molecule has 0 aliphatic carbocycles. The van der Waals surface area contributed by atoms with Crippen LogP contribution in [0.15, 0.2) is 0 Å². The maximum absolute atomic E-state index is 6.61. The summed E-state index contributed by atoms with van der Waals surface area (Å²) < 4.78 is 13.2. The molecule has 27 heavy (non-hydrogen) atoms. The van der Waals surface area contributed by atoms with Gasteiger partial charge in [0, 0.05) is 42.7 Å². The Kier molecular flexibility index (Phi) is 5.61. The zero-order valence-corrected chi connectivity index (χ0v) is 27.1. The summed E-state index contributed by atoms with van der Waals surface area (Å²) in [6.45, 7) is 40.1. The third-order valence-corrected chi connectivity index (χ3v) is 166. The second-order valence-electron chi connectivity index (χ2n) is 13.3. The van der Waals surface area contributed by atoms with Gasteiger partial charge in [-0.2, -0.15) is 0 Å². The molecular weight excluding hydrogens is 428 g/mol. The Hall–Kier alpha value is 1.29. The summed E-state index contributed by atoms with van der Waals surface area (Å²) in [6, 6.07) is 0. The van der Waals surface area contributed by atoms with Crippen LogP contribution < -0.4 is 0 Å². The molecule has 0 aromatic carbocycles. The minimum absolute atomic E-state index is 0.0303. The highest BCUT2D eigenvalue weighted by atomic mass is 30.2. The molecule has 0 saturated carbocycles. The summed E-state index contributed by atoms with van der Waals surface area (Å²) in [5, 5.41) is 0. The monoisotopic (exact) mass is 474 g/mol. The van der Waals surface area contributed by atoms with E-state index >= 15 is 0 Å². The van der Waals surface area contributed by atoms with Gasteiger partial charge in [-0.1, -0.05) is 72.0 Å². The van der Waals surface area contributed by atoms with Crippen LogP contribution in [0.3, 0.4) is 0 Å². The van der Waals surface area contributed by atoms with Crippen LogP contribution >= 0.6 is 0 Å². The van der Waals surface area contributed by atoms with Gasteiger partial charge >= 0.3 is 7.12 Å². The van der Waals surface area contributed by atoms with Crippen LogP contribution in [0.25, 0.3) is 0 Å². The lowest BCUT2D eigenvalue weighted by atomic mass is 9.90. The van der Waals surface area contributed by atoms with E-state index < -0.39 is 42.7 Å². The van der Waals surface area contributed by atoms with E-state index in [9.17, 15) is 0 Å². The van der Waals surface area contributed by atoms with Gasteiger partial charge in [0.1, 0.15) is 0 Å². The first kappa shape index (κ1) is 24.6. The molecule has 2 heterocycles. The molecule has 2 aliphatic rings. The highest BCUT2D eigenvalue weighted by Gasteiger charge is 2.77. The van der Waals surface area contributed by atoms with E-state index in [4.69, 9.17) is 9.31 Å². The highest BCUT2D eigenvalue weighted by molar-refractivity contribution is 8.13. The molecule has 2 rings (SSSR count). The van der Waals surface area contributed by atoms with E-state index in [1.165, 1.54) is 5.94 Å². The molecule has 0 spiro atoms. The minimum atomic E-state index is -1.46. The molecular formula is C18H47BO2Si6. The first-order chi connectivity index (χ1) is 11.5. The third-order valence-electron chi connectivity index (χ3n) is 11.9. The van der Waals surface area contributed by atoms with Crippen LogP contribution in [0.4, 0.5) is 0 Å². The lowest BCUT2D eigenvalue weighted by molar-refractivity contribution is 0.00578. The fourth-order valence-corrected chi connectivity index (χ4v) is 251. The van der Waals surface area contributed by atoms with Crippen LogP contribution in [0.2, 0.25) is 78.0 Å². The zero-order valence-electron chi connectivity index (χ0n) is 21.1. The smallest absolute Gasteiger partial charge is 0.403 e. The van der Waals surface area contributed by atoms with Crippen molar-refractivity contribution in [3.05, 3.63) is 0 Å². The van der Waals surface area contributed by atoms with Gasteiger partial charge in [0.25, 0.3) is 0 Å². The minimum Gasteiger partial charge on any atom is -0.403 e. The lowest BCUT2D eigenvalue weighted by Gasteiger charge is -2.73. The maximum Gasteiger partial charge on any atom is 0.454 e. The zero-order chi connectivity index (χ0) is 21.7. The van der Waals surface area contributed by atoms with Crippen molar-refractivity contribution in [2.45, 2.75) is 117 Å². The van der Waals surface area contributed by atoms with Crippen molar-refractivity contribution < 1.29 is 9.31 Å². The quantitative estimate of drug-likeness (QED) is 0.476. The Labute approximate surface area is 175 Å². The molecule has 2 saturated heterocycles. The normalized spacial score (nSPS) is 33.7. The molecule has 0 radical (unpaired) electrons. The molecule has 2 fully saturated rings. The van der Waals surface area contributed by atoms with Crippen LogP contribution in [0.1, 0.15) is 27.7 Å². The number of hydrogen-bond donors (Lipinski definition) is 0. The average Bonchev–Trinajstić information content (AvgIpc) is 2.63. The SMILES string of the molecule is CC1(C)OB(C[Si]2(C)[Si](C)(C)[Si](C)(C)[Si](C)(C)[Si](C)(C)[Si]2(C)C)OC1(C)C. The Morgan fingerprint density at radius 3 is 1.07 bits per heavy atom. The summed E-state index contributed by atoms with van der Waals surface area (Å²) in [4.78, 5) is 0. The van der Waals surface area contributed by atoms with Gasteiger partial charge in [-0.3, -0.25) is 0 Å². The van der Waals surface area contributed by atoms with Crippen molar-refractivity contribution in [2.75, 3.05) is 0 Å². The average molecular weight is 475 g/mol. The molecule has 2 aliphatic heterocycles. The summed E-state index contributed by atoms with van der Waals surface area (Å²) in [5.74, 6) is 1.27. The Bertz CT molecular complexity index is 581.